The van der Waals surface area contributed by atoms with Gasteiger partial charge in [-0.05, 0) is 43.7 Å². The van der Waals surface area contributed by atoms with Gasteiger partial charge in [0.25, 0.3) is 10.0 Å². The van der Waals surface area contributed by atoms with Crippen LogP contribution in [0.5, 0.6) is 5.75 Å². The normalized spacial score (nSPS) is 11.2. The number of ether oxygens (including phenoxy) is 2. The molecule has 0 atom stereocenters. The van der Waals surface area contributed by atoms with E-state index in [0.717, 1.165) is 4.31 Å². The Labute approximate surface area is 185 Å². The van der Waals surface area contributed by atoms with Crippen molar-refractivity contribution in [2.75, 3.05) is 24.6 Å². The Morgan fingerprint density at radius 2 is 1.91 bits per heavy atom. The number of hydrogen-bond donors (Lipinski definition) is 0. The Kier molecular flexibility index (Phi) is 7.14. The van der Waals surface area contributed by atoms with Gasteiger partial charge in [0.05, 0.1) is 19.4 Å². The lowest BCUT2D eigenvalue weighted by molar-refractivity contribution is 0.0514. The summed E-state index contributed by atoms with van der Waals surface area (Å²) in [6.45, 7) is 3.70. The highest BCUT2D eigenvalue weighted by molar-refractivity contribution is 7.93. The van der Waals surface area contributed by atoms with Gasteiger partial charge in [0.1, 0.15) is 16.5 Å². The number of anilines is 1. The van der Waals surface area contributed by atoms with Gasteiger partial charge < -0.3 is 14.0 Å². The van der Waals surface area contributed by atoms with Gasteiger partial charge in [0.2, 0.25) is 0 Å². The molecule has 0 radical (unpaired) electrons. The average molecular weight is 462 g/mol. The number of methoxy groups -OCH3 is 1. The molecule has 8 nitrogen and oxygen atoms in total. The molecule has 3 aromatic rings. The second-order valence-electron chi connectivity index (χ2n) is 6.69. The minimum atomic E-state index is -4.22. The van der Waals surface area contributed by atoms with Crippen LogP contribution in [0, 0.1) is 5.82 Å². The standard InChI is InChI=1S/C22H23FN2O6S/c1-4-12-25(18-9-7-6-8-16(18)23)32(27,28)21-13-15(10-11-19(21)29-3)20-14-17(24-31-20)22(26)30-5-2/h6-11,13-14H,4-5,12H2,1-3H3. The fourth-order valence-corrected chi connectivity index (χ4v) is 4.84. The molecule has 10 heteroatoms. The summed E-state index contributed by atoms with van der Waals surface area (Å²) in [6, 6.07) is 11.4. The molecule has 1 heterocycles. The minimum absolute atomic E-state index is 0.0407. The molecule has 32 heavy (non-hydrogen) atoms. The van der Waals surface area contributed by atoms with Crippen molar-refractivity contribution in [3.05, 3.63) is 60.0 Å². The summed E-state index contributed by atoms with van der Waals surface area (Å²) in [6.07, 6.45) is 0.459. The smallest absolute Gasteiger partial charge is 0.360 e. The van der Waals surface area contributed by atoms with Crippen molar-refractivity contribution in [1.82, 2.24) is 5.16 Å². The first-order chi connectivity index (χ1) is 15.3. The Balaban J connectivity index is 2.09. The monoisotopic (exact) mass is 462 g/mol. The van der Waals surface area contributed by atoms with E-state index < -0.39 is 21.8 Å². The van der Waals surface area contributed by atoms with Crippen LogP contribution in [0.3, 0.4) is 0 Å². The highest BCUT2D eigenvalue weighted by Crippen LogP contribution is 2.35. The molecule has 3 rings (SSSR count). The van der Waals surface area contributed by atoms with Crippen molar-refractivity contribution in [2.24, 2.45) is 0 Å². The lowest BCUT2D eigenvalue weighted by Crippen LogP contribution is -2.32. The lowest BCUT2D eigenvalue weighted by atomic mass is 10.1. The number of rotatable bonds is 9. The zero-order chi connectivity index (χ0) is 23.3. The Bertz CT molecular complexity index is 1210. The highest BCUT2D eigenvalue weighted by atomic mass is 32.2. The summed E-state index contributed by atoms with van der Waals surface area (Å²) in [5, 5.41) is 3.68. The quantitative estimate of drug-likeness (QED) is 0.438. The van der Waals surface area contributed by atoms with Crippen LogP contribution < -0.4 is 9.04 Å². The van der Waals surface area contributed by atoms with Gasteiger partial charge in [-0.25, -0.2) is 17.6 Å². The topological polar surface area (TPSA) is 98.9 Å². The van der Waals surface area contributed by atoms with E-state index in [1.165, 1.54) is 43.5 Å². The van der Waals surface area contributed by atoms with Crippen molar-refractivity contribution in [2.45, 2.75) is 25.2 Å². The van der Waals surface area contributed by atoms with Crippen molar-refractivity contribution >= 4 is 21.7 Å². The molecule has 0 fully saturated rings. The van der Waals surface area contributed by atoms with Crippen molar-refractivity contribution < 1.29 is 31.6 Å². The first-order valence-electron chi connectivity index (χ1n) is 9.93. The molecule has 0 N–H and O–H groups in total. The van der Waals surface area contributed by atoms with Crippen LogP contribution in [0.15, 0.2) is 57.9 Å². The maximum absolute atomic E-state index is 14.5. The summed E-state index contributed by atoms with van der Waals surface area (Å²) in [4.78, 5) is 11.7. The molecule has 0 bridgehead atoms. The van der Waals surface area contributed by atoms with Gasteiger partial charge in [-0.2, -0.15) is 0 Å². The molecular weight excluding hydrogens is 439 g/mol. The predicted molar refractivity (Wildman–Crippen MR) is 116 cm³/mol. The molecule has 1 aromatic heterocycles. The van der Waals surface area contributed by atoms with E-state index in [-0.39, 0.29) is 40.9 Å². The third kappa shape index (κ3) is 4.59. The molecule has 0 saturated carbocycles. The Morgan fingerprint density at radius 3 is 2.56 bits per heavy atom. The maximum atomic E-state index is 14.5. The van der Waals surface area contributed by atoms with E-state index in [2.05, 4.69) is 5.16 Å². The van der Waals surface area contributed by atoms with Gasteiger partial charge in [-0.1, -0.05) is 24.2 Å². The number of sulfonamides is 1. The second kappa shape index (κ2) is 9.82. The number of aromatic nitrogens is 1. The molecule has 0 spiro atoms. The van der Waals surface area contributed by atoms with Crippen molar-refractivity contribution in [3.8, 4) is 17.1 Å². The molecule has 0 saturated heterocycles. The number of nitrogens with zero attached hydrogens (tertiary/aromatic N) is 2. The molecule has 0 amide bonds. The van der Waals surface area contributed by atoms with Crippen molar-refractivity contribution in [3.63, 3.8) is 0 Å². The lowest BCUT2D eigenvalue weighted by Gasteiger charge is -2.25. The average Bonchev–Trinajstić information content (AvgIpc) is 3.28. The first kappa shape index (κ1) is 23.3. The fraction of sp³-hybridized carbons (Fsp3) is 0.273. The van der Waals surface area contributed by atoms with E-state index in [0.29, 0.717) is 12.0 Å². The largest absolute Gasteiger partial charge is 0.495 e. The van der Waals surface area contributed by atoms with Gasteiger partial charge in [0, 0.05) is 18.2 Å². The number of carbonyl (C=O) groups excluding carboxylic acids is 1. The SMILES string of the molecule is CCCN(c1ccccc1F)S(=O)(=O)c1cc(-c2cc(C(=O)OCC)no2)ccc1OC. The van der Waals surface area contributed by atoms with Gasteiger partial charge in [0.15, 0.2) is 11.5 Å². The zero-order valence-electron chi connectivity index (χ0n) is 17.9. The summed E-state index contributed by atoms with van der Waals surface area (Å²) in [5.41, 5.74) is 0.240. The summed E-state index contributed by atoms with van der Waals surface area (Å²) >= 11 is 0. The van der Waals surface area contributed by atoms with Crippen LogP contribution in [0.2, 0.25) is 0 Å². The van der Waals surface area contributed by atoms with E-state index in [4.69, 9.17) is 14.0 Å². The second-order valence-corrected chi connectivity index (χ2v) is 8.52. The molecule has 0 aliphatic carbocycles. The molecule has 170 valence electrons. The number of esters is 1. The number of halogens is 1. The zero-order valence-corrected chi connectivity index (χ0v) is 18.7. The van der Waals surface area contributed by atoms with E-state index >= 15 is 0 Å². The van der Waals surface area contributed by atoms with E-state index in [1.54, 1.807) is 26.0 Å². The summed E-state index contributed by atoms with van der Waals surface area (Å²) in [7, 11) is -2.87. The van der Waals surface area contributed by atoms with Crippen LogP contribution in [-0.4, -0.2) is 39.8 Å². The van der Waals surface area contributed by atoms with Gasteiger partial charge in [-0.3, -0.25) is 4.31 Å². The summed E-state index contributed by atoms with van der Waals surface area (Å²) < 4.78 is 58.0. The number of carbonyl (C=O) groups is 1. The Morgan fingerprint density at radius 1 is 1.16 bits per heavy atom. The van der Waals surface area contributed by atoms with Crippen molar-refractivity contribution in [1.29, 1.82) is 0 Å². The third-order valence-corrected chi connectivity index (χ3v) is 6.39. The predicted octanol–water partition coefficient (Wildman–Crippen LogP) is 4.27. The van der Waals surface area contributed by atoms with E-state index in [9.17, 15) is 17.6 Å². The molecule has 0 aliphatic heterocycles. The molecule has 0 aliphatic rings. The number of para-hydroxylation sites is 1. The molecular formula is C22H23FN2O6S. The van der Waals surface area contributed by atoms with Crippen LogP contribution >= 0.6 is 0 Å². The third-order valence-electron chi connectivity index (χ3n) is 4.56. The number of benzene rings is 2. The molecule has 2 aromatic carbocycles. The number of hydrogen-bond acceptors (Lipinski definition) is 7. The van der Waals surface area contributed by atoms with E-state index in [1.807, 2.05) is 0 Å². The Hall–Kier alpha value is -3.40. The minimum Gasteiger partial charge on any atom is -0.495 e. The summed E-state index contributed by atoms with van der Waals surface area (Å²) in [5.74, 6) is -1.07. The van der Waals surface area contributed by atoms with Crippen LogP contribution in [-0.2, 0) is 14.8 Å². The van der Waals surface area contributed by atoms with Crippen LogP contribution in [0.4, 0.5) is 10.1 Å². The van der Waals surface area contributed by atoms with Gasteiger partial charge >= 0.3 is 5.97 Å². The van der Waals surface area contributed by atoms with Crippen LogP contribution in [0.1, 0.15) is 30.8 Å². The first-order valence-corrected chi connectivity index (χ1v) is 11.4. The fourth-order valence-electron chi connectivity index (χ4n) is 3.09. The molecule has 0 unspecified atom stereocenters. The highest BCUT2D eigenvalue weighted by Gasteiger charge is 2.30. The van der Waals surface area contributed by atoms with Gasteiger partial charge in [-0.15, -0.1) is 0 Å². The maximum Gasteiger partial charge on any atom is 0.360 e. The van der Waals surface area contributed by atoms with Crippen LogP contribution in [0.25, 0.3) is 11.3 Å².